The molecule has 2 N–H and O–H groups in total. The summed E-state index contributed by atoms with van der Waals surface area (Å²) in [7, 11) is 0. The maximum absolute atomic E-state index is 13.3. The highest BCUT2D eigenvalue weighted by atomic mass is 16.6. The van der Waals surface area contributed by atoms with Crippen LogP contribution in [0.15, 0.2) is 29.4 Å². The SMILES string of the molecule is CC(CCC(=O)OCCN=[N+]=[N-])C1CC[C@H]2[C@@H]3CC[C@@H]4C[C@H](OC(=O)[C@H](CC(=O)O)NC(=O)c5ccc([N+](=O)[O-])cc5)CC[C@]4(C)[C@H]3CC[C@]12C. The molecular weight excluding hydrogens is 658 g/mol. The van der Waals surface area contributed by atoms with Gasteiger partial charge in [-0.3, -0.25) is 24.5 Å². The second-order valence-electron chi connectivity index (χ2n) is 15.8. The van der Waals surface area contributed by atoms with Crippen molar-refractivity contribution in [3.05, 3.63) is 50.4 Å². The van der Waals surface area contributed by atoms with Gasteiger partial charge in [-0.2, -0.15) is 0 Å². The highest BCUT2D eigenvalue weighted by Crippen LogP contribution is 2.68. The maximum Gasteiger partial charge on any atom is 0.329 e. The zero-order chi connectivity index (χ0) is 36.9. The van der Waals surface area contributed by atoms with Crippen LogP contribution in [0.25, 0.3) is 10.4 Å². The highest BCUT2D eigenvalue weighted by molar-refractivity contribution is 5.97. The summed E-state index contributed by atoms with van der Waals surface area (Å²) in [6.45, 7) is 7.45. The predicted molar refractivity (Wildman–Crippen MR) is 185 cm³/mol. The number of nitro benzene ring substituents is 1. The molecule has 4 saturated carbocycles. The number of hydrogen-bond acceptors (Lipinski definition) is 9. The third kappa shape index (κ3) is 8.32. The quantitative estimate of drug-likeness (QED) is 0.0386. The number of nitrogens with one attached hydrogen (secondary N) is 1. The van der Waals surface area contributed by atoms with Crippen LogP contribution >= 0.6 is 0 Å². The molecule has 5 rings (SSSR count). The number of benzene rings is 1. The molecule has 0 aromatic heterocycles. The fraction of sp³-hybridized carbons (Fsp3) is 0.730. The van der Waals surface area contributed by atoms with E-state index in [2.05, 4.69) is 36.1 Å². The first-order chi connectivity index (χ1) is 24.3. The Kier molecular flexibility index (Phi) is 11.9. The summed E-state index contributed by atoms with van der Waals surface area (Å²) in [5.74, 6) is 0.218. The summed E-state index contributed by atoms with van der Waals surface area (Å²) in [4.78, 5) is 63.1. The van der Waals surface area contributed by atoms with Crippen LogP contribution in [0.4, 0.5) is 5.69 Å². The number of nitrogens with zero attached hydrogens (tertiary/aromatic N) is 4. The lowest BCUT2D eigenvalue weighted by atomic mass is 9.44. The van der Waals surface area contributed by atoms with Gasteiger partial charge in [-0.25, -0.2) is 4.79 Å². The van der Waals surface area contributed by atoms with Gasteiger partial charge in [0, 0.05) is 29.0 Å². The predicted octanol–water partition coefficient (Wildman–Crippen LogP) is 7.01. The zero-order valence-electron chi connectivity index (χ0n) is 29.8. The van der Waals surface area contributed by atoms with Crippen LogP contribution in [-0.2, 0) is 23.9 Å². The van der Waals surface area contributed by atoms with E-state index in [1.165, 1.54) is 37.1 Å². The molecule has 0 aliphatic heterocycles. The van der Waals surface area contributed by atoms with Crippen molar-refractivity contribution in [2.24, 2.45) is 51.5 Å². The van der Waals surface area contributed by atoms with Gasteiger partial charge in [0.05, 0.1) is 24.5 Å². The monoisotopic (exact) mass is 709 g/mol. The molecule has 1 aromatic rings. The van der Waals surface area contributed by atoms with Crippen molar-refractivity contribution in [3.63, 3.8) is 0 Å². The molecule has 278 valence electrons. The molecule has 1 aromatic carbocycles. The number of ether oxygens (including phenoxy) is 2. The van der Waals surface area contributed by atoms with Gasteiger partial charge in [0.2, 0.25) is 0 Å². The molecule has 2 unspecified atom stereocenters. The van der Waals surface area contributed by atoms with Crippen molar-refractivity contribution in [1.29, 1.82) is 0 Å². The average molecular weight is 710 g/mol. The van der Waals surface area contributed by atoms with Gasteiger partial charge < -0.3 is 19.9 Å². The van der Waals surface area contributed by atoms with Crippen LogP contribution in [0, 0.1) is 56.5 Å². The first-order valence-electron chi connectivity index (χ1n) is 18.4. The number of amides is 1. The summed E-state index contributed by atoms with van der Waals surface area (Å²) in [6.07, 6.45) is 9.35. The van der Waals surface area contributed by atoms with E-state index in [0.717, 1.165) is 38.5 Å². The number of non-ortho nitro benzene ring substituents is 1. The molecule has 0 spiro atoms. The smallest absolute Gasteiger partial charge is 0.329 e. The lowest BCUT2D eigenvalue weighted by molar-refractivity contribution is -0.384. The van der Waals surface area contributed by atoms with Crippen LogP contribution < -0.4 is 5.32 Å². The van der Waals surface area contributed by atoms with Crippen molar-refractivity contribution in [2.75, 3.05) is 13.2 Å². The minimum Gasteiger partial charge on any atom is -0.481 e. The van der Waals surface area contributed by atoms with Gasteiger partial charge in [0.15, 0.2) is 0 Å². The molecule has 14 heteroatoms. The lowest BCUT2D eigenvalue weighted by Gasteiger charge is -2.61. The number of hydrogen-bond donors (Lipinski definition) is 2. The van der Waals surface area contributed by atoms with Gasteiger partial charge in [0.25, 0.3) is 11.6 Å². The Morgan fingerprint density at radius 2 is 1.76 bits per heavy atom. The standard InChI is InChI=1S/C37H51N5O9/c1-22(4-13-33(45)50-19-18-39-41-38)28-11-12-29-27-10-7-24-20-26(14-16-36(24,2)30(27)15-17-37(28,29)3)51-35(47)31(21-32(43)44)40-34(46)23-5-8-25(9-6-23)42(48)49/h5-6,8-9,22,24,26-31H,4,7,10-21H2,1-3H3,(H,40,46)(H,43,44)/t22?,24-,26-,27+,28?,29+,30+,31+,36+,37-/m1/s1. The van der Waals surface area contributed by atoms with Crippen LogP contribution in [-0.4, -0.2) is 59.1 Å². The van der Waals surface area contributed by atoms with Crippen LogP contribution in [0.3, 0.4) is 0 Å². The van der Waals surface area contributed by atoms with Crippen molar-refractivity contribution < 1.29 is 38.7 Å². The van der Waals surface area contributed by atoms with E-state index >= 15 is 0 Å². The molecule has 4 fully saturated rings. The zero-order valence-corrected chi connectivity index (χ0v) is 29.8. The molecule has 0 heterocycles. The van der Waals surface area contributed by atoms with Gasteiger partial charge in [-0.15, -0.1) is 0 Å². The largest absolute Gasteiger partial charge is 0.481 e. The lowest BCUT2D eigenvalue weighted by Crippen LogP contribution is -2.54. The van der Waals surface area contributed by atoms with Gasteiger partial charge >= 0.3 is 17.9 Å². The van der Waals surface area contributed by atoms with E-state index in [1.54, 1.807) is 0 Å². The Hall–Kier alpha value is -4.19. The number of carboxylic acid groups (broad SMARTS) is 1. The number of carboxylic acids is 1. The summed E-state index contributed by atoms with van der Waals surface area (Å²) in [5, 5.41) is 26.3. The minimum absolute atomic E-state index is 0.0701. The van der Waals surface area contributed by atoms with Crippen molar-refractivity contribution in [2.45, 2.75) is 110 Å². The summed E-state index contributed by atoms with van der Waals surface area (Å²) in [6, 6.07) is 3.47. The van der Waals surface area contributed by atoms with Crippen molar-refractivity contribution >= 4 is 29.5 Å². The average Bonchev–Trinajstić information content (AvgIpc) is 3.46. The molecular formula is C37H51N5O9. The van der Waals surface area contributed by atoms with E-state index in [1.807, 2.05) is 0 Å². The number of fused-ring (bicyclic) bond motifs is 5. The number of nitro groups is 1. The Morgan fingerprint density at radius 1 is 1.06 bits per heavy atom. The first kappa shape index (κ1) is 38.1. The van der Waals surface area contributed by atoms with Crippen LogP contribution in [0.2, 0.25) is 0 Å². The normalized spacial score (nSPS) is 32.1. The number of esters is 2. The number of aliphatic carboxylic acids is 1. The second kappa shape index (κ2) is 16.0. The van der Waals surface area contributed by atoms with Gasteiger partial charge in [-0.1, -0.05) is 25.9 Å². The molecule has 14 nitrogen and oxygen atoms in total. The molecule has 1 amide bonds. The number of rotatable bonds is 14. The molecule has 4 aliphatic carbocycles. The third-order valence-corrected chi connectivity index (χ3v) is 13.3. The van der Waals surface area contributed by atoms with Gasteiger partial charge in [0.1, 0.15) is 12.1 Å². The molecule has 4 aliphatic rings. The first-order valence-corrected chi connectivity index (χ1v) is 18.4. The maximum atomic E-state index is 13.3. The number of carbonyl (C=O) groups is 4. The summed E-state index contributed by atoms with van der Waals surface area (Å²) in [5.41, 5.74) is 8.64. The van der Waals surface area contributed by atoms with Crippen LogP contribution in [0.5, 0.6) is 0 Å². The Labute approximate surface area is 298 Å². The summed E-state index contributed by atoms with van der Waals surface area (Å²) >= 11 is 0. The fourth-order valence-corrected chi connectivity index (χ4v) is 10.8. The molecule has 0 saturated heterocycles. The second-order valence-corrected chi connectivity index (χ2v) is 15.8. The van der Waals surface area contributed by atoms with Crippen molar-refractivity contribution in [3.8, 4) is 0 Å². The molecule has 51 heavy (non-hydrogen) atoms. The Balaban J connectivity index is 1.16. The highest BCUT2D eigenvalue weighted by Gasteiger charge is 2.60. The molecule has 10 atom stereocenters. The topological polar surface area (TPSA) is 211 Å². The van der Waals surface area contributed by atoms with Crippen molar-refractivity contribution in [1.82, 2.24) is 5.32 Å². The van der Waals surface area contributed by atoms with E-state index in [4.69, 9.17) is 15.0 Å². The van der Waals surface area contributed by atoms with E-state index < -0.39 is 35.2 Å². The van der Waals surface area contributed by atoms with E-state index in [0.29, 0.717) is 54.8 Å². The Morgan fingerprint density at radius 3 is 2.45 bits per heavy atom. The minimum atomic E-state index is -1.39. The van der Waals surface area contributed by atoms with E-state index in [-0.39, 0.29) is 47.3 Å². The Bertz CT molecular complexity index is 1530. The molecule has 0 bridgehead atoms. The van der Waals surface area contributed by atoms with E-state index in [9.17, 15) is 34.4 Å². The van der Waals surface area contributed by atoms with Crippen LogP contribution in [0.1, 0.15) is 108 Å². The molecule has 0 radical (unpaired) electrons. The number of carbonyl (C=O) groups excluding carboxylic acids is 3. The van der Waals surface area contributed by atoms with Gasteiger partial charge in [-0.05, 0) is 128 Å². The summed E-state index contributed by atoms with van der Waals surface area (Å²) < 4.78 is 11.1. The number of azide groups is 1. The fourth-order valence-electron chi connectivity index (χ4n) is 10.8. The third-order valence-electron chi connectivity index (χ3n) is 13.3.